The second kappa shape index (κ2) is 10.00. The molecular weight excluding hydrogens is 387 g/mol. The first-order valence-electron chi connectivity index (χ1n) is 10.5. The van der Waals surface area contributed by atoms with Gasteiger partial charge in [-0.05, 0) is 56.0 Å². The van der Waals surface area contributed by atoms with Crippen LogP contribution in [0.25, 0.3) is 11.8 Å². The molecule has 30 heavy (non-hydrogen) atoms. The van der Waals surface area contributed by atoms with E-state index in [0.29, 0.717) is 5.92 Å². The lowest BCUT2D eigenvalue weighted by Crippen LogP contribution is -2.19. The number of nitrogens with zero attached hydrogens (tertiary/aromatic N) is 2. The molecule has 3 atom stereocenters. The molecule has 0 spiro atoms. The van der Waals surface area contributed by atoms with E-state index in [9.17, 15) is 19.4 Å². The maximum Gasteiger partial charge on any atom is 0.305 e. The van der Waals surface area contributed by atoms with Gasteiger partial charge in [0.1, 0.15) is 5.82 Å². The zero-order chi connectivity index (χ0) is 21.7. The highest BCUT2D eigenvalue weighted by atomic mass is 19.1. The van der Waals surface area contributed by atoms with Crippen molar-refractivity contribution in [1.82, 2.24) is 9.78 Å². The number of halogens is 1. The van der Waals surface area contributed by atoms with Gasteiger partial charge in [0.25, 0.3) is 0 Å². The van der Waals surface area contributed by atoms with Gasteiger partial charge in [0.05, 0.1) is 35.7 Å². The van der Waals surface area contributed by atoms with Crippen molar-refractivity contribution in [3.8, 4) is 5.69 Å². The fourth-order valence-corrected chi connectivity index (χ4v) is 4.15. The molecule has 0 saturated carbocycles. The minimum absolute atomic E-state index is 0.0614. The van der Waals surface area contributed by atoms with E-state index < -0.39 is 24.6 Å². The van der Waals surface area contributed by atoms with Gasteiger partial charge >= 0.3 is 5.97 Å². The van der Waals surface area contributed by atoms with Crippen molar-refractivity contribution in [3.05, 3.63) is 53.1 Å². The third kappa shape index (κ3) is 5.34. The number of aliphatic hydroxyl groups excluding tert-OH is 2. The lowest BCUT2D eigenvalue weighted by atomic mass is 9.84. The van der Waals surface area contributed by atoms with Crippen LogP contribution in [0.2, 0.25) is 0 Å². The molecule has 7 heteroatoms. The Morgan fingerprint density at radius 3 is 2.73 bits per heavy atom. The Kier molecular flexibility index (Phi) is 7.39. The van der Waals surface area contributed by atoms with Gasteiger partial charge in [-0.1, -0.05) is 19.4 Å². The summed E-state index contributed by atoms with van der Waals surface area (Å²) in [5, 5.41) is 33.6. The summed E-state index contributed by atoms with van der Waals surface area (Å²) in [6, 6.07) is 6.13. The molecule has 6 nitrogen and oxygen atoms in total. The molecule has 0 saturated heterocycles. The summed E-state index contributed by atoms with van der Waals surface area (Å²) in [6.07, 6.45) is 5.93. The lowest BCUT2D eigenvalue weighted by Gasteiger charge is -2.20. The van der Waals surface area contributed by atoms with Gasteiger partial charge in [-0.15, -0.1) is 0 Å². The first-order chi connectivity index (χ1) is 14.4. The molecule has 1 aromatic heterocycles. The molecule has 1 unspecified atom stereocenters. The van der Waals surface area contributed by atoms with Crippen LogP contribution in [0.5, 0.6) is 0 Å². The summed E-state index contributed by atoms with van der Waals surface area (Å²) in [4.78, 5) is 10.7. The molecule has 1 aliphatic rings. The average Bonchev–Trinajstić information content (AvgIpc) is 3.06. The second-order valence-electron chi connectivity index (χ2n) is 7.93. The van der Waals surface area contributed by atoms with Crippen LogP contribution in [0.1, 0.15) is 68.3 Å². The third-order valence-corrected chi connectivity index (χ3v) is 5.53. The lowest BCUT2D eigenvalue weighted by molar-refractivity contribution is -0.139. The van der Waals surface area contributed by atoms with Crippen LogP contribution in [-0.2, 0) is 11.2 Å². The number of carboxylic acid groups (broad SMARTS) is 1. The predicted octanol–water partition coefficient (Wildman–Crippen LogP) is 3.83. The predicted molar refractivity (Wildman–Crippen MR) is 112 cm³/mol. The Morgan fingerprint density at radius 2 is 2.07 bits per heavy atom. The molecule has 2 aromatic rings. The molecule has 0 aliphatic heterocycles. The fourth-order valence-electron chi connectivity index (χ4n) is 4.15. The average molecular weight is 416 g/mol. The van der Waals surface area contributed by atoms with Crippen molar-refractivity contribution in [2.45, 2.75) is 70.0 Å². The van der Waals surface area contributed by atoms with Crippen molar-refractivity contribution in [2.24, 2.45) is 0 Å². The zero-order valence-corrected chi connectivity index (χ0v) is 17.2. The second-order valence-corrected chi connectivity index (χ2v) is 7.93. The van der Waals surface area contributed by atoms with Crippen molar-refractivity contribution in [3.63, 3.8) is 0 Å². The van der Waals surface area contributed by atoms with Gasteiger partial charge < -0.3 is 15.3 Å². The van der Waals surface area contributed by atoms with Crippen LogP contribution in [0.4, 0.5) is 4.39 Å². The van der Waals surface area contributed by atoms with Crippen LogP contribution in [0.15, 0.2) is 30.3 Å². The molecule has 3 rings (SSSR count). The molecule has 1 aliphatic carbocycles. The Morgan fingerprint density at radius 1 is 1.33 bits per heavy atom. The number of aliphatic carboxylic acids is 1. The largest absolute Gasteiger partial charge is 0.481 e. The summed E-state index contributed by atoms with van der Waals surface area (Å²) >= 11 is 0. The van der Waals surface area contributed by atoms with E-state index in [0.717, 1.165) is 54.7 Å². The molecule has 0 amide bonds. The summed E-state index contributed by atoms with van der Waals surface area (Å²) in [5.74, 6) is -1.04. The van der Waals surface area contributed by atoms with Gasteiger partial charge in [0.15, 0.2) is 0 Å². The molecule has 0 radical (unpaired) electrons. The number of rotatable bonds is 9. The maximum absolute atomic E-state index is 13.4. The van der Waals surface area contributed by atoms with E-state index in [2.05, 4.69) is 6.92 Å². The van der Waals surface area contributed by atoms with Crippen LogP contribution in [0.3, 0.4) is 0 Å². The number of carbonyl (C=O) groups is 1. The normalized spacial score (nSPS) is 18.3. The molecule has 162 valence electrons. The van der Waals surface area contributed by atoms with Crippen molar-refractivity contribution < 1.29 is 24.5 Å². The smallest absolute Gasteiger partial charge is 0.305 e. The Labute approximate surface area is 175 Å². The van der Waals surface area contributed by atoms with Gasteiger partial charge in [0, 0.05) is 17.9 Å². The number of aliphatic hydroxyl groups is 2. The van der Waals surface area contributed by atoms with Crippen LogP contribution in [-0.4, -0.2) is 43.3 Å². The monoisotopic (exact) mass is 416 g/mol. The van der Waals surface area contributed by atoms with Gasteiger partial charge in [-0.3, -0.25) is 4.79 Å². The first-order valence-corrected chi connectivity index (χ1v) is 10.5. The van der Waals surface area contributed by atoms with Gasteiger partial charge in [-0.2, -0.15) is 5.10 Å². The van der Waals surface area contributed by atoms with Crippen LogP contribution < -0.4 is 0 Å². The van der Waals surface area contributed by atoms with E-state index in [4.69, 9.17) is 10.2 Å². The summed E-state index contributed by atoms with van der Waals surface area (Å²) in [5.41, 5.74) is 3.77. The minimum atomic E-state index is -1.12. The highest BCUT2D eigenvalue weighted by molar-refractivity contribution is 5.67. The standard InChI is InChI=1S/C23H29FN2O4/c1-2-4-15-5-3-6-20-21(12-11-18(27)13-19(28)14-22(29)30)26(25-23(15)20)17-9-7-16(24)8-10-17/h7-12,15,18-19,27-28H,2-6,13-14H2,1H3,(H,29,30)/b12-11+/t15?,18-,19-/m0/s1. The highest BCUT2D eigenvalue weighted by Crippen LogP contribution is 2.37. The van der Waals surface area contributed by atoms with Gasteiger partial charge in [-0.25, -0.2) is 9.07 Å². The summed E-state index contributed by atoms with van der Waals surface area (Å²) in [7, 11) is 0. The Bertz CT molecular complexity index is 891. The highest BCUT2D eigenvalue weighted by Gasteiger charge is 2.27. The van der Waals surface area contributed by atoms with E-state index in [1.165, 1.54) is 12.1 Å². The van der Waals surface area contributed by atoms with Crippen molar-refractivity contribution >= 4 is 12.0 Å². The number of fused-ring (bicyclic) bond motifs is 1. The van der Waals surface area contributed by atoms with E-state index >= 15 is 0 Å². The van der Waals surface area contributed by atoms with Gasteiger partial charge in [0.2, 0.25) is 0 Å². The maximum atomic E-state index is 13.4. The molecule has 1 aromatic carbocycles. The number of benzene rings is 1. The van der Waals surface area contributed by atoms with E-state index in [1.807, 2.05) is 0 Å². The van der Waals surface area contributed by atoms with Crippen LogP contribution in [0, 0.1) is 5.82 Å². The SMILES string of the molecule is CCCC1CCCc2c1nn(-c1ccc(F)cc1)c2/C=C/[C@H](O)C[C@H](O)CC(=O)O. The minimum Gasteiger partial charge on any atom is -0.481 e. The van der Waals surface area contributed by atoms with Crippen molar-refractivity contribution in [1.29, 1.82) is 0 Å². The Balaban J connectivity index is 1.93. The third-order valence-electron chi connectivity index (χ3n) is 5.53. The molecule has 0 fully saturated rings. The molecule has 0 bridgehead atoms. The Hall–Kier alpha value is -2.51. The van der Waals surface area contributed by atoms with Crippen molar-refractivity contribution in [2.75, 3.05) is 0 Å². The zero-order valence-electron chi connectivity index (χ0n) is 17.2. The molecule has 1 heterocycles. The number of aromatic nitrogens is 2. The van der Waals surface area contributed by atoms with E-state index in [1.54, 1.807) is 29.0 Å². The number of carboxylic acids is 1. The van der Waals surface area contributed by atoms with E-state index in [-0.39, 0.29) is 12.2 Å². The summed E-state index contributed by atoms with van der Waals surface area (Å²) < 4.78 is 15.2. The molecular formula is C23H29FN2O4. The number of hydrogen-bond donors (Lipinski definition) is 3. The summed E-state index contributed by atoms with van der Waals surface area (Å²) in [6.45, 7) is 2.16. The first kappa shape index (κ1) is 22.2. The molecule has 3 N–H and O–H groups in total. The number of hydrogen-bond acceptors (Lipinski definition) is 4. The van der Waals surface area contributed by atoms with Crippen LogP contribution >= 0.6 is 0 Å². The quantitative estimate of drug-likeness (QED) is 0.577. The topological polar surface area (TPSA) is 95.6 Å². The fraction of sp³-hybridized carbons (Fsp3) is 0.478.